The van der Waals surface area contributed by atoms with Gasteiger partial charge in [-0.15, -0.1) is 0 Å². The van der Waals surface area contributed by atoms with E-state index in [1.165, 1.54) is 0 Å². The van der Waals surface area contributed by atoms with E-state index < -0.39 is 0 Å². The molecule has 33 heavy (non-hydrogen) atoms. The highest BCUT2D eigenvalue weighted by Gasteiger charge is 2.25. The van der Waals surface area contributed by atoms with E-state index in [1.807, 2.05) is 44.2 Å². The summed E-state index contributed by atoms with van der Waals surface area (Å²) < 4.78 is 11.9. The minimum atomic E-state index is -0.379. The fraction of sp³-hybridized carbons (Fsp3) is 0.296. The molecule has 1 aromatic heterocycles. The van der Waals surface area contributed by atoms with E-state index in [4.69, 9.17) is 15.2 Å². The fourth-order valence-corrected chi connectivity index (χ4v) is 3.78. The maximum atomic E-state index is 12.1. The minimum absolute atomic E-state index is 0.144. The van der Waals surface area contributed by atoms with Crippen LogP contribution in [-0.4, -0.2) is 23.3 Å². The molecule has 2 heterocycles. The summed E-state index contributed by atoms with van der Waals surface area (Å²) in [6.45, 7) is 9.05. The normalized spacial score (nSPS) is 12.3. The van der Waals surface area contributed by atoms with Gasteiger partial charge >= 0.3 is 0 Å². The van der Waals surface area contributed by atoms with Crippen molar-refractivity contribution in [1.82, 2.24) is 4.98 Å². The number of nitrogens with zero attached hydrogens (tertiary/aromatic N) is 1. The number of Topliss-reactive ketones (excluding diaryl/α,β-unsaturated/α-hetero) is 1. The predicted molar refractivity (Wildman–Crippen MR) is 128 cm³/mol. The van der Waals surface area contributed by atoms with E-state index in [0.29, 0.717) is 36.5 Å². The standard InChI is InChI=1S/C20H23NO3.C7H7NO/c1-12(2)19-18(6-5-16-17(22)7-8-23-20(16)19)24-11-15-9-13(3)21-14(4)10-15;8-7(9)6-4-2-1-3-5-6/h5-6,9-10,12H,7-8,11H2,1-4H3;1-5H,(H2,8,9). The first-order chi connectivity index (χ1) is 15.8. The lowest BCUT2D eigenvalue weighted by molar-refractivity contribution is 0.0931. The Morgan fingerprint density at radius 1 is 1.09 bits per heavy atom. The molecule has 0 radical (unpaired) electrons. The van der Waals surface area contributed by atoms with Gasteiger partial charge in [0.2, 0.25) is 5.91 Å². The highest BCUT2D eigenvalue weighted by molar-refractivity contribution is 6.00. The number of benzene rings is 2. The molecule has 0 fully saturated rings. The number of carbonyl (C=O) groups is 2. The van der Waals surface area contributed by atoms with Crippen LogP contribution in [0.4, 0.5) is 0 Å². The molecule has 0 atom stereocenters. The summed E-state index contributed by atoms with van der Waals surface area (Å²) in [6, 6.07) is 16.5. The number of pyridine rings is 1. The van der Waals surface area contributed by atoms with E-state index >= 15 is 0 Å². The van der Waals surface area contributed by atoms with Gasteiger partial charge in [-0.1, -0.05) is 32.0 Å². The minimum Gasteiger partial charge on any atom is -0.492 e. The Balaban J connectivity index is 0.000000286. The zero-order valence-electron chi connectivity index (χ0n) is 19.6. The number of primary amides is 1. The molecule has 4 rings (SSSR count). The number of ether oxygens (including phenoxy) is 2. The third kappa shape index (κ3) is 6.19. The van der Waals surface area contributed by atoms with Crippen molar-refractivity contribution in [2.45, 2.75) is 46.6 Å². The number of aromatic nitrogens is 1. The summed E-state index contributed by atoms with van der Waals surface area (Å²) in [5.74, 6) is 1.45. The fourth-order valence-electron chi connectivity index (χ4n) is 3.78. The highest BCUT2D eigenvalue weighted by Crippen LogP contribution is 2.40. The summed E-state index contributed by atoms with van der Waals surface area (Å²) in [6.07, 6.45) is 0.445. The Morgan fingerprint density at radius 3 is 2.33 bits per heavy atom. The van der Waals surface area contributed by atoms with Crippen LogP contribution in [0.2, 0.25) is 0 Å². The molecule has 0 saturated carbocycles. The number of fused-ring (bicyclic) bond motifs is 1. The van der Waals surface area contributed by atoms with Crippen molar-refractivity contribution in [2.24, 2.45) is 5.73 Å². The van der Waals surface area contributed by atoms with Crippen molar-refractivity contribution >= 4 is 11.7 Å². The summed E-state index contributed by atoms with van der Waals surface area (Å²) in [4.78, 5) is 26.9. The molecule has 1 aliphatic rings. The summed E-state index contributed by atoms with van der Waals surface area (Å²) in [5, 5.41) is 0. The topological polar surface area (TPSA) is 91.5 Å². The largest absolute Gasteiger partial charge is 0.492 e. The van der Waals surface area contributed by atoms with Gasteiger partial charge in [0.1, 0.15) is 18.1 Å². The Hall–Kier alpha value is -3.67. The van der Waals surface area contributed by atoms with Crippen LogP contribution in [0.25, 0.3) is 0 Å². The number of nitrogens with two attached hydrogens (primary N) is 1. The van der Waals surface area contributed by atoms with Crippen LogP contribution >= 0.6 is 0 Å². The van der Waals surface area contributed by atoms with Crippen molar-refractivity contribution in [3.8, 4) is 11.5 Å². The van der Waals surface area contributed by atoms with Gasteiger partial charge in [-0.3, -0.25) is 14.6 Å². The Bertz CT molecular complexity index is 1120. The van der Waals surface area contributed by atoms with Gasteiger partial charge in [0.05, 0.1) is 12.2 Å². The smallest absolute Gasteiger partial charge is 0.248 e. The number of amides is 1. The van der Waals surface area contributed by atoms with Crippen LogP contribution in [0.15, 0.2) is 54.6 Å². The molecule has 6 heteroatoms. The summed E-state index contributed by atoms with van der Waals surface area (Å²) in [5.41, 5.74) is 10.2. The zero-order chi connectivity index (χ0) is 24.0. The third-order valence-electron chi connectivity index (χ3n) is 5.20. The second kappa shape index (κ2) is 10.8. The van der Waals surface area contributed by atoms with Crippen LogP contribution in [-0.2, 0) is 6.61 Å². The molecule has 0 unspecified atom stereocenters. The molecule has 0 saturated heterocycles. The molecule has 3 aromatic rings. The van der Waals surface area contributed by atoms with Crippen molar-refractivity contribution in [3.05, 3.63) is 88.2 Å². The second-order valence-corrected chi connectivity index (χ2v) is 8.31. The van der Waals surface area contributed by atoms with Gasteiger partial charge in [-0.2, -0.15) is 0 Å². The van der Waals surface area contributed by atoms with Gasteiger partial charge in [0.25, 0.3) is 0 Å². The molecule has 1 aliphatic heterocycles. The molecule has 2 aromatic carbocycles. The van der Waals surface area contributed by atoms with Crippen LogP contribution in [0.5, 0.6) is 11.5 Å². The van der Waals surface area contributed by atoms with Crippen LogP contribution < -0.4 is 15.2 Å². The molecule has 6 nitrogen and oxygen atoms in total. The lowest BCUT2D eigenvalue weighted by Crippen LogP contribution is -2.17. The Morgan fingerprint density at radius 2 is 1.76 bits per heavy atom. The molecule has 0 aliphatic carbocycles. The molecular formula is C27H30N2O4. The number of hydrogen-bond acceptors (Lipinski definition) is 5. The van der Waals surface area contributed by atoms with Gasteiger partial charge < -0.3 is 15.2 Å². The predicted octanol–water partition coefficient (Wildman–Crippen LogP) is 5.15. The number of hydrogen-bond donors (Lipinski definition) is 1. The average Bonchev–Trinajstić information content (AvgIpc) is 2.77. The maximum absolute atomic E-state index is 12.1. The van der Waals surface area contributed by atoms with E-state index in [1.54, 1.807) is 24.3 Å². The lowest BCUT2D eigenvalue weighted by Gasteiger charge is -2.24. The second-order valence-electron chi connectivity index (χ2n) is 8.31. The van der Waals surface area contributed by atoms with Crippen LogP contribution in [0.3, 0.4) is 0 Å². The quantitative estimate of drug-likeness (QED) is 0.585. The number of rotatable bonds is 5. The summed E-state index contributed by atoms with van der Waals surface area (Å²) in [7, 11) is 0. The molecule has 2 N–H and O–H groups in total. The molecule has 0 bridgehead atoms. The van der Waals surface area contributed by atoms with E-state index in [0.717, 1.165) is 28.3 Å². The average molecular weight is 447 g/mol. The zero-order valence-corrected chi connectivity index (χ0v) is 19.6. The lowest BCUT2D eigenvalue weighted by atomic mass is 9.94. The SMILES string of the molecule is Cc1cc(COc2ccc3c(c2C(C)C)OCCC3=O)cc(C)n1.NC(=O)c1ccccc1. The Kier molecular flexibility index (Phi) is 7.83. The molecular weight excluding hydrogens is 416 g/mol. The Labute approximate surface area is 194 Å². The number of carbonyl (C=O) groups excluding carboxylic acids is 2. The van der Waals surface area contributed by atoms with E-state index in [-0.39, 0.29) is 17.6 Å². The molecule has 1 amide bonds. The van der Waals surface area contributed by atoms with Crippen molar-refractivity contribution in [1.29, 1.82) is 0 Å². The first-order valence-corrected chi connectivity index (χ1v) is 11.0. The van der Waals surface area contributed by atoms with E-state index in [9.17, 15) is 9.59 Å². The first kappa shape index (κ1) is 24.0. The number of ketones is 1. The highest BCUT2D eigenvalue weighted by atomic mass is 16.5. The van der Waals surface area contributed by atoms with Crippen LogP contribution in [0, 0.1) is 13.8 Å². The van der Waals surface area contributed by atoms with Gasteiger partial charge in [-0.25, -0.2) is 0 Å². The molecule has 172 valence electrons. The molecule has 0 spiro atoms. The maximum Gasteiger partial charge on any atom is 0.248 e. The third-order valence-corrected chi connectivity index (χ3v) is 5.20. The summed E-state index contributed by atoms with van der Waals surface area (Å²) >= 11 is 0. The monoisotopic (exact) mass is 446 g/mol. The first-order valence-electron chi connectivity index (χ1n) is 11.0. The van der Waals surface area contributed by atoms with E-state index in [2.05, 4.69) is 18.8 Å². The van der Waals surface area contributed by atoms with Gasteiger partial charge in [-0.05, 0) is 61.7 Å². The van der Waals surface area contributed by atoms with Gasteiger partial charge in [0.15, 0.2) is 5.78 Å². The van der Waals surface area contributed by atoms with Gasteiger partial charge in [0, 0.05) is 28.9 Å². The van der Waals surface area contributed by atoms with Crippen molar-refractivity contribution < 1.29 is 19.1 Å². The van der Waals surface area contributed by atoms with Crippen LogP contribution in [0.1, 0.15) is 69.4 Å². The van der Waals surface area contributed by atoms with Crippen molar-refractivity contribution in [3.63, 3.8) is 0 Å². The van der Waals surface area contributed by atoms with Crippen molar-refractivity contribution in [2.75, 3.05) is 6.61 Å². The number of aryl methyl sites for hydroxylation is 2.